The Balaban J connectivity index is 1.27. The van der Waals surface area contributed by atoms with Gasteiger partial charge in [0.05, 0.1) is 6.26 Å². The van der Waals surface area contributed by atoms with Gasteiger partial charge >= 0.3 is 6.03 Å². The summed E-state index contributed by atoms with van der Waals surface area (Å²) in [6.45, 7) is 5.50. The van der Waals surface area contributed by atoms with Crippen LogP contribution in [0.2, 0.25) is 0 Å². The molecular formula is C30H38N4O5S. The number of anilines is 2. The highest BCUT2D eigenvalue weighted by Gasteiger charge is 2.27. The second-order valence-corrected chi connectivity index (χ2v) is 11.9. The highest BCUT2D eigenvalue weighted by molar-refractivity contribution is 7.92. The molecule has 3 N–H and O–H groups in total. The Labute approximate surface area is 236 Å². The van der Waals surface area contributed by atoms with Crippen molar-refractivity contribution in [3.05, 3.63) is 78.4 Å². The lowest BCUT2D eigenvalue weighted by Crippen LogP contribution is -2.49. The monoisotopic (exact) mass is 566 g/mol. The largest absolute Gasteiger partial charge is 0.508 e. The Kier molecular flexibility index (Phi) is 9.89. The second kappa shape index (κ2) is 13.5. The third-order valence-electron chi connectivity index (χ3n) is 6.85. The number of ether oxygens (including phenoxy) is 1. The lowest BCUT2D eigenvalue weighted by Gasteiger charge is -2.38. The predicted molar refractivity (Wildman–Crippen MR) is 158 cm³/mol. The zero-order valence-corrected chi connectivity index (χ0v) is 23.9. The number of phenols is 1. The average Bonchev–Trinajstić information content (AvgIpc) is 2.92. The number of carbonyl (C=O) groups is 1. The van der Waals surface area contributed by atoms with Crippen molar-refractivity contribution in [3.63, 3.8) is 0 Å². The molecule has 3 aromatic carbocycles. The molecule has 10 heteroatoms. The topological polar surface area (TPSA) is 111 Å². The van der Waals surface area contributed by atoms with Crippen molar-refractivity contribution in [2.45, 2.75) is 45.2 Å². The van der Waals surface area contributed by atoms with E-state index < -0.39 is 10.0 Å². The molecular weight excluding hydrogens is 528 g/mol. The molecule has 40 heavy (non-hydrogen) atoms. The molecule has 1 fully saturated rings. The first-order valence-corrected chi connectivity index (χ1v) is 15.5. The third kappa shape index (κ3) is 8.89. The molecule has 0 atom stereocenters. The fraction of sp³-hybridized carbons (Fsp3) is 0.367. The Morgan fingerprint density at radius 2 is 1.52 bits per heavy atom. The first-order valence-electron chi connectivity index (χ1n) is 13.6. The van der Waals surface area contributed by atoms with Gasteiger partial charge in [0.15, 0.2) is 0 Å². The highest BCUT2D eigenvalue weighted by Crippen LogP contribution is 2.25. The van der Waals surface area contributed by atoms with Crippen LogP contribution in [0.25, 0.3) is 0 Å². The van der Waals surface area contributed by atoms with E-state index in [2.05, 4.69) is 34.0 Å². The lowest BCUT2D eigenvalue weighted by atomic mass is 10.0. The third-order valence-corrected chi connectivity index (χ3v) is 7.46. The van der Waals surface area contributed by atoms with Crippen LogP contribution < -0.4 is 14.8 Å². The van der Waals surface area contributed by atoms with Crippen molar-refractivity contribution < 1.29 is 23.1 Å². The number of unbranched alkanes of at least 4 members (excludes halogenated alkanes) is 1. The van der Waals surface area contributed by atoms with Gasteiger partial charge in [-0.2, -0.15) is 0 Å². The SMILES string of the molecule is CCCCN(C(=O)Nc1ccc(O)cc1)C1CCN(Cc2ccc(Oc3ccc(NS(C)(=O)=O)cc3)cc2)CC1. The van der Waals surface area contributed by atoms with Gasteiger partial charge in [-0.15, -0.1) is 0 Å². The number of nitrogens with zero attached hydrogens (tertiary/aromatic N) is 2. The summed E-state index contributed by atoms with van der Waals surface area (Å²) < 4.78 is 31.1. The molecule has 0 saturated carbocycles. The number of sulfonamides is 1. The minimum atomic E-state index is -3.32. The number of nitrogens with one attached hydrogen (secondary N) is 2. The van der Waals surface area contributed by atoms with E-state index in [1.807, 2.05) is 17.0 Å². The van der Waals surface area contributed by atoms with Crippen LogP contribution in [0.3, 0.4) is 0 Å². The van der Waals surface area contributed by atoms with Crippen molar-refractivity contribution in [2.75, 3.05) is 35.9 Å². The van der Waals surface area contributed by atoms with Crippen LogP contribution in [0, 0.1) is 0 Å². The maximum atomic E-state index is 13.1. The number of piperidine rings is 1. The first-order chi connectivity index (χ1) is 19.2. The van der Waals surface area contributed by atoms with Gasteiger partial charge in [-0.25, -0.2) is 13.2 Å². The summed E-state index contributed by atoms with van der Waals surface area (Å²) in [6, 6.07) is 21.4. The maximum absolute atomic E-state index is 13.1. The molecule has 1 aliphatic rings. The van der Waals surface area contributed by atoms with E-state index in [0.29, 0.717) is 22.9 Å². The molecule has 9 nitrogen and oxygen atoms in total. The zero-order valence-electron chi connectivity index (χ0n) is 23.0. The number of amides is 2. The van der Waals surface area contributed by atoms with Crippen molar-refractivity contribution in [1.29, 1.82) is 0 Å². The average molecular weight is 567 g/mol. The quantitative estimate of drug-likeness (QED) is 0.251. The number of aromatic hydroxyl groups is 1. The molecule has 0 aliphatic carbocycles. The molecule has 1 heterocycles. The van der Waals surface area contributed by atoms with Crippen LogP contribution in [0.15, 0.2) is 72.8 Å². The lowest BCUT2D eigenvalue weighted by molar-refractivity contribution is 0.122. The van der Waals surface area contributed by atoms with Gasteiger partial charge in [0.25, 0.3) is 0 Å². The molecule has 1 saturated heterocycles. The van der Waals surface area contributed by atoms with E-state index in [4.69, 9.17) is 4.74 Å². The van der Waals surface area contributed by atoms with Crippen LogP contribution >= 0.6 is 0 Å². The van der Waals surface area contributed by atoms with Gasteiger partial charge in [0.2, 0.25) is 10.0 Å². The molecule has 4 rings (SSSR count). The molecule has 214 valence electrons. The van der Waals surface area contributed by atoms with Gasteiger partial charge in [-0.3, -0.25) is 9.62 Å². The fourth-order valence-electron chi connectivity index (χ4n) is 4.77. The smallest absolute Gasteiger partial charge is 0.322 e. The minimum Gasteiger partial charge on any atom is -0.508 e. The molecule has 2 amide bonds. The van der Waals surface area contributed by atoms with Crippen LogP contribution in [0.4, 0.5) is 16.2 Å². The Morgan fingerprint density at radius 3 is 2.10 bits per heavy atom. The number of hydrogen-bond donors (Lipinski definition) is 3. The predicted octanol–water partition coefficient (Wildman–Crippen LogP) is 5.85. The van der Waals surface area contributed by atoms with Crippen LogP contribution in [0.5, 0.6) is 17.2 Å². The summed E-state index contributed by atoms with van der Waals surface area (Å²) in [5.41, 5.74) is 2.35. The molecule has 0 aromatic heterocycles. The van der Waals surface area contributed by atoms with Gasteiger partial charge in [0.1, 0.15) is 17.2 Å². The number of hydrogen-bond acceptors (Lipinski definition) is 6. The van der Waals surface area contributed by atoms with Crippen molar-refractivity contribution in [3.8, 4) is 17.2 Å². The van der Waals surface area contributed by atoms with Gasteiger partial charge in [-0.05, 0) is 85.5 Å². The van der Waals surface area contributed by atoms with Crippen molar-refractivity contribution in [2.24, 2.45) is 0 Å². The van der Waals surface area contributed by atoms with Crippen LogP contribution in [0.1, 0.15) is 38.2 Å². The van der Waals surface area contributed by atoms with Crippen LogP contribution in [-0.4, -0.2) is 61.3 Å². The fourth-order valence-corrected chi connectivity index (χ4v) is 5.33. The van der Waals surface area contributed by atoms with Gasteiger partial charge in [0, 0.05) is 43.6 Å². The summed E-state index contributed by atoms with van der Waals surface area (Å²) in [7, 11) is -3.32. The molecule has 0 spiro atoms. The Hall–Kier alpha value is -3.76. The number of phenolic OH excluding ortho intramolecular Hbond substituents is 1. The summed E-state index contributed by atoms with van der Waals surface area (Å²) >= 11 is 0. The summed E-state index contributed by atoms with van der Waals surface area (Å²) in [5, 5.41) is 12.5. The number of urea groups is 1. The van der Waals surface area contributed by atoms with E-state index >= 15 is 0 Å². The van der Waals surface area contributed by atoms with Crippen LogP contribution in [-0.2, 0) is 16.6 Å². The van der Waals surface area contributed by atoms with Gasteiger partial charge < -0.3 is 20.1 Å². The number of carbonyl (C=O) groups excluding carboxylic acids is 1. The first kappa shape index (κ1) is 29.2. The molecule has 0 unspecified atom stereocenters. The molecule has 1 aliphatic heterocycles. The highest BCUT2D eigenvalue weighted by atomic mass is 32.2. The molecule has 0 bridgehead atoms. The van der Waals surface area contributed by atoms with E-state index in [9.17, 15) is 18.3 Å². The Morgan fingerprint density at radius 1 is 0.950 bits per heavy atom. The Bertz CT molecular complexity index is 1340. The second-order valence-electron chi connectivity index (χ2n) is 10.2. The molecule has 3 aromatic rings. The van der Waals surface area contributed by atoms with Crippen molar-refractivity contribution in [1.82, 2.24) is 9.80 Å². The minimum absolute atomic E-state index is 0.0884. The van der Waals surface area contributed by atoms with Gasteiger partial charge in [-0.1, -0.05) is 25.5 Å². The van der Waals surface area contributed by atoms with E-state index in [1.54, 1.807) is 48.5 Å². The summed E-state index contributed by atoms with van der Waals surface area (Å²) in [5.74, 6) is 1.50. The number of benzene rings is 3. The number of rotatable bonds is 11. The maximum Gasteiger partial charge on any atom is 0.322 e. The van der Waals surface area contributed by atoms with Crippen molar-refractivity contribution >= 4 is 27.4 Å². The van der Waals surface area contributed by atoms with E-state index in [0.717, 1.165) is 58.1 Å². The standard InChI is InChI=1S/C30H38N4O5S/c1-3-4-19-34(30(36)31-24-7-11-27(35)12-8-24)26-17-20-33(21-18-26)22-23-5-13-28(14-6-23)39-29-15-9-25(10-16-29)32-40(2,37)38/h5-16,26,32,35H,3-4,17-22H2,1-2H3,(H,31,36). The zero-order chi connectivity index (χ0) is 28.5. The van der Waals surface area contributed by atoms with E-state index in [-0.39, 0.29) is 17.8 Å². The molecule has 0 radical (unpaired) electrons. The van der Waals surface area contributed by atoms with E-state index in [1.165, 1.54) is 5.56 Å². The number of likely N-dealkylation sites (tertiary alicyclic amines) is 1. The summed E-state index contributed by atoms with van der Waals surface area (Å²) in [6.07, 6.45) is 4.92. The summed E-state index contributed by atoms with van der Waals surface area (Å²) in [4.78, 5) is 17.5. The normalized spacial score (nSPS) is 14.4.